The highest BCUT2D eigenvalue weighted by atomic mass is 79.9. The minimum Gasteiger partial charge on any atom is -0.314 e. The summed E-state index contributed by atoms with van der Waals surface area (Å²) in [4.78, 5) is 0. The van der Waals surface area contributed by atoms with Gasteiger partial charge in [-0.15, -0.1) is 0 Å². The Hall–Kier alpha value is -0.840. The molecule has 0 aromatic heterocycles. The molecule has 0 amide bonds. The van der Waals surface area contributed by atoms with Crippen molar-refractivity contribution in [2.24, 2.45) is 0 Å². The van der Waals surface area contributed by atoms with Crippen molar-refractivity contribution in [3.8, 4) is 0 Å². The molecule has 1 saturated heterocycles. The number of alkyl halides is 3. The molecule has 118 valence electrons. The normalized spacial score (nSPS) is 17.7. The molecule has 1 aromatic carbocycles. The first kappa shape index (κ1) is 16.5. The van der Waals surface area contributed by atoms with Crippen LogP contribution >= 0.6 is 15.9 Å². The molecule has 10 heteroatoms. The molecule has 21 heavy (non-hydrogen) atoms. The van der Waals surface area contributed by atoms with Crippen molar-refractivity contribution in [1.82, 2.24) is 9.62 Å². The standard InChI is InChI=1S/C11H13BrF3N3O2S/c12-9-2-1-8(11(13,14)15)7-10(9)17-21(19,20)18-5-3-16-4-6-18/h1-2,7,16-17H,3-6H2. The van der Waals surface area contributed by atoms with Gasteiger partial charge in [-0.1, -0.05) is 0 Å². The van der Waals surface area contributed by atoms with Crippen molar-refractivity contribution in [2.75, 3.05) is 30.9 Å². The number of nitrogens with one attached hydrogen (secondary N) is 2. The van der Waals surface area contributed by atoms with Gasteiger partial charge in [-0.2, -0.15) is 25.9 Å². The zero-order valence-electron chi connectivity index (χ0n) is 10.7. The predicted octanol–water partition coefficient (Wildman–Crippen LogP) is 2.03. The van der Waals surface area contributed by atoms with E-state index in [0.717, 1.165) is 12.1 Å². The molecule has 5 nitrogen and oxygen atoms in total. The van der Waals surface area contributed by atoms with Crippen molar-refractivity contribution < 1.29 is 21.6 Å². The minimum atomic E-state index is -4.53. The summed E-state index contributed by atoms with van der Waals surface area (Å²) >= 11 is 3.05. The highest BCUT2D eigenvalue weighted by Crippen LogP contribution is 2.34. The summed E-state index contributed by atoms with van der Waals surface area (Å²) in [7, 11) is -3.88. The Morgan fingerprint density at radius 2 is 1.86 bits per heavy atom. The van der Waals surface area contributed by atoms with Crippen LogP contribution in [0.25, 0.3) is 0 Å². The topological polar surface area (TPSA) is 61.4 Å². The van der Waals surface area contributed by atoms with Gasteiger partial charge < -0.3 is 5.32 Å². The van der Waals surface area contributed by atoms with Gasteiger partial charge in [-0.05, 0) is 34.1 Å². The summed E-state index contributed by atoms with van der Waals surface area (Å²) in [5.74, 6) is 0. The van der Waals surface area contributed by atoms with Crippen molar-refractivity contribution in [2.45, 2.75) is 6.18 Å². The minimum absolute atomic E-state index is 0.136. The number of hydrogen-bond acceptors (Lipinski definition) is 3. The fourth-order valence-electron chi connectivity index (χ4n) is 1.87. The third-order valence-electron chi connectivity index (χ3n) is 2.95. The van der Waals surface area contributed by atoms with E-state index in [9.17, 15) is 21.6 Å². The van der Waals surface area contributed by atoms with Crippen molar-refractivity contribution in [3.63, 3.8) is 0 Å². The van der Waals surface area contributed by atoms with E-state index in [1.165, 1.54) is 10.4 Å². The number of rotatable bonds is 3. The van der Waals surface area contributed by atoms with Crippen LogP contribution < -0.4 is 10.0 Å². The molecule has 0 spiro atoms. The lowest BCUT2D eigenvalue weighted by Gasteiger charge is -2.27. The van der Waals surface area contributed by atoms with E-state index in [-0.39, 0.29) is 23.2 Å². The molecule has 1 aromatic rings. The van der Waals surface area contributed by atoms with Gasteiger partial charge in [0.15, 0.2) is 0 Å². The van der Waals surface area contributed by atoms with Crippen LogP contribution in [0.5, 0.6) is 0 Å². The van der Waals surface area contributed by atoms with Crippen LogP contribution in [0, 0.1) is 0 Å². The lowest BCUT2D eigenvalue weighted by molar-refractivity contribution is -0.137. The maximum atomic E-state index is 12.7. The third-order valence-corrected chi connectivity index (χ3v) is 5.16. The van der Waals surface area contributed by atoms with E-state index in [0.29, 0.717) is 13.1 Å². The molecule has 0 atom stereocenters. The zero-order valence-corrected chi connectivity index (χ0v) is 13.1. The lowest BCUT2D eigenvalue weighted by Crippen LogP contribution is -2.48. The van der Waals surface area contributed by atoms with Crippen LogP contribution in [0.15, 0.2) is 22.7 Å². The number of nitrogens with zero attached hydrogens (tertiary/aromatic N) is 1. The number of anilines is 1. The number of benzene rings is 1. The Morgan fingerprint density at radius 3 is 2.43 bits per heavy atom. The molecule has 0 saturated carbocycles. The predicted molar refractivity (Wildman–Crippen MR) is 76.1 cm³/mol. The average Bonchev–Trinajstić information content (AvgIpc) is 2.41. The van der Waals surface area contributed by atoms with Gasteiger partial charge >= 0.3 is 16.4 Å². The fourth-order valence-corrected chi connectivity index (χ4v) is 3.58. The van der Waals surface area contributed by atoms with Crippen LogP contribution in [0.3, 0.4) is 0 Å². The lowest BCUT2D eigenvalue weighted by atomic mass is 10.2. The quantitative estimate of drug-likeness (QED) is 0.833. The number of piperazine rings is 1. The first-order valence-corrected chi connectivity index (χ1v) is 8.29. The SMILES string of the molecule is O=S(=O)(Nc1cc(C(F)(F)F)ccc1Br)N1CCNCC1. The van der Waals surface area contributed by atoms with E-state index >= 15 is 0 Å². The third kappa shape index (κ3) is 4.09. The van der Waals surface area contributed by atoms with E-state index in [1.54, 1.807) is 0 Å². The van der Waals surface area contributed by atoms with Crippen LogP contribution in [0.4, 0.5) is 18.9 Å². The zero-order chi connectivity index (χ0) is 15.7. The monoisotopic (exact) mass is 387 g/mol. The number of halogens is 4. The van der Waals surface area contributed by atoms with Crippen LogP contribution in [0.2, 0.25) is 0 Å². The highest BCUT2D eigenvalue weighted by Gasteiger charge is 2.32. The Labute approximate surface area is 128 Å². The molecule has 0 unspecified atom stereocenters. The average molecular weight is 388 g/mol. The molecular formula is C11H13BrF3N3O2S. The van der Waals surface area contributed by atoms with Crippen LogP contribution in [0.1, 0.15) is 5.56 Å². The second-order valence-corrected chi connectivity index (χ2v) is 6.97. The maximum absolute atomic E-state index is 12.7. The van der Waals surface area contributed by atoms with E-state index in [2.05, 4.69) is 26.0 Å². The maximum Gasteiger partial charge on any atom is 0.416 e. The van der Waals surface area contributed by atoms with Gasteiger partial charge in [0.2, 0.25) is 0 Å². The molecule has 2 N–H and O–H groups in total. The van der Waals surface area contributed by atoms with Crippen LogP contribution in [-0.4, -0.2) is 38.9 Å². The Bertz CT molecular complexity index is 616. The second-order valence-electron chi connectivity index (χ2n) is 4.45. The largest absolute Gasteiger partial charge is 0.416 e. The summed E-state index contributed by atoms with van der Waals surface area (Å²) in [5, 5.41) is 3.00. The first-order chi connectivity index (χ1) is 9.70. The Kier molecular flexibility index (Phi) is 4.81. The Morgan fingerprint density at radius 1 is 1.24 bits per heavy atom. The smallest absolute Gasteiger partial charge is 0.314 e. The summed E-state index contributed by atoms with van der Waals surface area (Å²) in [6.45, 7) is 1.55. The molecule has 1 fully saturated rings. The molecule has 1 aliphatic rings. The molecule has 0 bridgehead atoms. The summed E-state index contributed by atoms with van der Waals surface area (Å²) in [6, 6.07) is 2.81. The summed E-state index contributed by atoms with van der Waals surface area (Å²) in [6.07, 6.45) is -4.53. The van der Waals surface area contributed by atoms with Gasteiger partial charge in [0.25, 0.3) is 0 Å². The summed E-state index contributed by atoms with van der Waals surface area (Å²) in [5.41, 5.74) is -1.05. The second kappa shape index (κ2) is 6.11. The van der Waals surface area contributed by atoms with Gasteiger partial charge in [-0.25, -0.2) is 0 Å². The van der Waals surface area contributed by atoms with Gasteiger partial charge in [-0.3, -0.25) is 4.72 Å². The molecule has 2 rings (SSSR count). The van der Waals surface area contributed by atoms with Crippen LogP contribution in [-0.2, 0) is 16.4 Å². The molecule has 0 radical (unpaired) electrons. The fraction of sp³-hybridized carbons (Fsp3) is 0.455. The first-order valence-electron chi connectivity index (χ1n) is 6.05. The van der Waals surface area contributed by atoms with Gasteiger partial charge in [0.05, 0.1) is 11.3 Å². The summed E-state index contributed by atoms with van der Waals surface area (Å²) < 4.78 is 66.0. The van der Waals surface area contributed by atoms with Gasteiger partial charge in [0, 0.05) is 30.7 Å². The highest BCUT2D eigenvalue weighted by molar-refractivity contribution is 9.10. The van der Waals surface area contributed by atoms with Gasteiger partial charge in [0.1, 0.15) is 0 Å². The van der Waals surface area contributed by atoms with E-state index in [4.69, 9.17) is 0 Å². The van der Waals surface area contributed by atoms with E-state index < -0.39 is 21.9 Å². The van der Waals surface area contributed by atoms with Crippen molar-refractivity contribution in [3.05, 3.63) is 28.2 Å². The van der Waals surface area contributed by atoms with E-state index in [1.807, 2.05) is 0 Å². The Balaban J connectivity index is 2.26. The number of hydrogen-bond donors (Lipinski definition) is 2. The molecular weight excluding hydrogens is 375 g/mol. The molecule has 0 aliphatic carbocycles. The van der Waals surface area contributed by atoms with Crippen molar-refractivity contribution in [1.29, 1.82) is 0 Å². The molecule has 1 aliphatic heterocycles. The molecule has 1 heterocycles. The van der Waals surface area contributed by atoms with Crippen molar-refractivity contribution >= 4 is 31.8 Å².